The Kier molecular flexibility index (Phi) is 3.29. The molecular weight excluding hydrogens is 309 g/mol. The van der Waals surface area contributed by atoms with Crippen molar-refractivity contribution in [2.75, 3.05) is 6.61 Å². The summed E-state index contributed by atoms with van der Waals surface area (Å²) in [6, 6.07) is 9.99. The summed E-state index contributed by atoms with van der Waals surface area (Å²) in [6.45, 7) is 0.689. The van der Waals surface area contributed by atoms with Crippen LogP contribution in [0.4, 0.5) is 4.39 Å². The van der Waals surface area contributed by atoms with Gasteiger partial charge in [0.05, 0.1) is 12.6 Å². The number of hydrogen-bond donors (Lipinski definition) is 1. The molecular formula is C15H13BrFNO. The summed E-state index contributed by atoms with van der Waals surface area (Å²) in [4.78, 5) is 0. The van der Waals surface area contributed by atoms with Crippen LogP contribution in [-0.2, 0) is 6.42 Å². The van der Waals surface area contributed by atoms with Crippen LogP contribution in [0.25, 0.3) is 0 Å². The maximum absolute atomic E-state index is 13.0. The second kappa shape index (κ2) is 4.94. The first kappa shape index (κ1) is 12.6. The Morgan fingerprint density at radius 3 is 2.68 bits per heavy atom. The van der Waals surface area contributed by atoms with E-state index in [2.05, 4.69) is 22.0 Å². The molecule has 0 radical (unpaired) electrons. The maximum atomic E-state index is 13.0. The van der Waals surface area contributed by atoms with Crippen LogP contribution in [0.1, 0.15) is 22.7 Å². The zero-order valence-electron chi connectivity index (χ0n) is 10.2. The van der Waals surface area contributed by atoms with Crippen molar-refractivity contribution in [1.29, 1.82) is 0 Å². The third kappa shape index (κ3) is 2.38. The first-order chi connectivity index (χ1) is 9.15. The van der Waals surface area contributed by atoms with Crippen molar-refractivity contribution in [2.45, 2.75) is 12.5 Å². The summed E-state index contributed by atoms with van der Waals surface area (Å²) < 4.78 is 19.6. The van der Waals surface area contributed by atoms with Gasteiger partial charge in [-0.25, -0.2) is 4.39 Å². The van der Waals surface area contributed by atoms with Gasteiger partial charge in [-0.2, -0.15) is 0 Å². The summed E-state index contributed by atoms with van der Waals surface area (Å²) in [5.41, 5.74) is 9.26. The molecule has 1 unspecified atom stereocenters. The van der Waals surface area contributed by atoms with Gasteiger partial charge in [-0.15, -0.1) is 0 Å². The van der Waals surface area contributed by atoms with E-state index >= 15 is 0 Å². The molecule has 2 aromatic rings. The summed E-state index contributed by atoms with van der Waals surface area (Å²) in [6.07, 6.45) is 0.901. The summed E-state index contributed by atoms with van der Waals surface area (Å²) >= 11 is 3.50. The average Bonchev–Trinajstić information content (AvgIpc) is 2.85. The van der Waals surface area contributed by atoms with Gasteiger partial charge in [-0.3, -0.25) is 0 Å². The molecule has 0 aliphatic carbocycles. The van der Waals surface area contributed by atoms with Gasteiger partial charge in [0.15, 0.2) is 0 Å². The van der Waals surface area contributed by atoms with E-state index in [0.29, 0.717) is 6.61 Å². The first-order valence-electron chi connectivity index (χ1n) is 6.11. The molecule has 0 fully saturated rings. The van der Waals surface area contributed by atoms with E-state index < -0.39 is 0 Å². The minimum atomic E-state index is -0.315. The van der Waals surface area contributed by atoms with Gasteiger partial charge in [0.1, 0.15) is 11.6 Å². The lowest BCUT2D eigenvalue weighted by atomic mass is 9.96. The van der Waals surface area contributed by atoms with Crippen LogP contribution in [0.15, 0.2) is 40.9 Å². The monoisotopic (exact) mass is 321 g/mol. The molecule has 2 nitrogen and oxygen atoms in total. The minimum Gasteiger partial charge on any atom is -0.493 e. The number of fused-ring (bicyclic) bond motifs is 1. The normalized spacial score (nSPS) is 14.9. The SMILES string of the molecule is NC(c1ccc(F)cc1)c1cc(Br)cc2c1OCC2. The second-order valence-electron chi connectivity index (χ2n) is 4.61. The van der Waals surface area contributed by atoms with Gasteiger partial charge in [-0.1, -0.05) is 28.1 Å². The van der Waals surface area contributed by atoms with E-state index in [9.17, 15) is 4.39 Å². The van der Waals surface area contributed by atoms with E-state index in [1.165, 1.54) is 17.7 Å². The zero-order chi connectivity index (χ0) is 13.4. The Labute approximate surface area is 119 Å². The molecule has 0 amide bonds. The molecule has 0 aromatic heterocycles. The third-order valence-electron chi connectivity index (χ3n) is 3.34. The fraction of sp³-hybridized carbons (Fsp3) is 0.200. The molecule has 2 N–H and O–H groups in total. The molecule has 98 valence electrons. The number of nitrogens with two attached hydrogens (primary N) is 1. The molecule has 1 aliphatic heterocycles. The van der Waals surface area contributed by atoms with Crippen molar-refractivity contribution >= 4 is 15.9 Å². The number of ether oxygens (including phenoxy) is 1. The number of halogens is 2. The third-order valence-corrected chi connectivity index (χ3v) is 3.80. The molecule has 19 heavy (non-hydrogen) atoms. The highest BCUT2D eigenvalue weighted by Crippen LogP contribution is 2.37. The predicted molar refractivity (Wildman–Crippen MR) is 75.8 cm³/mol. The van der Waals surface area contributed by atoms with Gasteiger partial charge in [0, 0.05) is 16.5 Å². The molecule has 0 saturated carbocycles. The van der Waals surface area contributed by atoms with E-state index in [1.54, 1.807) is 12.1 Å². The fourth-order valence-corrected chi connectivity index (χ4v) is 2.90. The maximum Gasteiger partial charge on any atom is 0.127 e. The largest absolute Gasteiger partial charge is 0.493 e. The van der Waals surface area contributed by atoms with Gasteiger partial charge < -0.3 is 10.5 Å². The fourth-order valence-electron chi connectivity index (χ4n) is 2.38. The average molecular weight is 322 g/mol. The Bertz CT molecular complexity index is 612. The van der Waals surface area contributed by atoms with Crippen molar-refractivity contribution < 1.29 is 9.13 Å². The van der Waals surface area contributed by atoms with Crippen LogP contribution < -0.4 is 10.5 Å². The van der Waals surface area contributed by atoms with E-state index in [1.807, 2.05) is 6.07 Å². The van der Waals surface area contributed by atoms with E-state index in [-0.39, 0.29) is 11.9 Å². The molecule has 0 bridgehead atoms. The second-order valence-corrected chi connectivity index (χ2v) is 5.53. The lowest BCUT2D eigenvalue weighted by Crippen LogP contribution is -2.13. The van der Waals surface area contributed by atoms with Crippen molar-refractivity contribution in [3.05, 3.63) is 63.4 Å². The standard InChI is InChI=1S/C15H13BrFNO/c16-11-7-10-5-6-19-15(10)13(8-11)14(18)9-1-3-12(17)4-2-9/h1-4,7-8,14H,5-6,18H2. The van der Waals surface area contributed by atoms with E-state index in [0.717, 1.165) is 27.8 Å². The highest BCUT2D eigenvalue weighted by molar-refractivity contribution is 9.10. The summed E-state index contributed by atoms with van der Waals surface area (Å²) in [7, 11) is 0. The summed E-state index contributed by atoms with van der Waals surface area (Å²) in [5.74, 6) is 0.617. The molecule has 0 saturated heterocycles. The Balaban J connectivity index is 2.04. The highest BCUT2D eigenvalue weighted by atomic mass is 79.9. The van der Waals surface area contributed by atoms with Crippen molar-refractivity contribution in [1.82, 2.24) is 0 Å². The van der Waals surface area contributed by atoms with Crippen LogP contribution in [-0.4, -0.2) is 6.61 Å². The molecule has 0 spiro atoms. The molecule has 4 heteroatoms. The molecule has 2 aromatic carbocycles. The number of rotatable bonds is 2. The lowest BCUT2D eigenvalue weighted by molar-refractivity contribution is 0.352. The summed E-state index contributed by atoms with van der Waals surface area (Å²) in [5, 5.41) is 0. The molecule has 1 heterocycles. The smallest absolute Gasteiger partial charge is 0.127 e. The van der Waals surface area contributed by atoms with Crippen molar-refractivity contribution in [2.24, 2.45) is 5.73 Å². The van der Waals surface area contributed by atoms with Crippen LogP contribution in [0.2, 0.25) is 0 Å². The van der Waals surface area contributed by atoms with Gasteiger partial charge in [0.2, 0.25) is 0 Å². The highest BCUT2D eigenvalue weighted by Gasteiger charge is 2.22. The van der Waals surface area contributed by atoms with Crippen LogP contribution in [0, 0.1) is 5.82 Å². The van der Waals surface area contributed by atoms with Gasteiger partial charge in [0.25, 0.3) is 0 Å². The van der Waals surface area contributed by atoms with E-state index in [4.69, 9.17) is 10.5 Å². The first-order valence-corrected chi connectivity index (χ1v) is 6.90. The van der Waals surface area contributed by atoms with Crippen molar-refractivity contribution in [3.8, 4) is 5.75 Å². The topological polar surface area (TPSA) is 35.2 Å². The lowest BCUT2D eigenvalue weighted by Gasteiger charge is -2.16. The minimum absolute atomic E-state index is 0.258. The predicted octanol–water partition coefficient (Wildman–Crippen LogP) is 3.57. The van der Waals surface area contributed by atoms with Crippen LogP contribution in [0.5, 0.6) is 5.75 Å². The quantitative estimate of drug-likeness (QED) is 0.917. The van der Waals surface area contributed by atoms with Crippen LogP contribution >= 0.6 is 15.9 Å². The van der Waals surface area contributed by atoms with Gasteiger partial charge >= 0.3 is 0 Å². The van der Waals surface area contributed by atoms with Crippen molar-refractivity contribution in [3.63, 3.8) is 0 Å². The molecule has 1 aliphatic rings. The Morgan fingerprint density at radius 1 is 1.21 bits per heavy atom. The number of hydrogen-bond acceptors (Lipinski definition) is 2. The van der Waals surface area contributed by atoms with Crippen LogP contribution in [0.3, 0.4) is 0 Å². The molecule has 1 atom stereocenters. The Morgan fingerprint density at radius 2 is 1.95 bits per heavy atom. The Hall–Kier alpha value is -1.39. The number of benzene rings is 2. The zero-order valence-corrected chi connectivity index (χ0v) is 11.8. The van der Waals surface area contributed by atoms with Gasteiger partial charge in [-0.05, 0) is 35.4 Å². The molecule has 3 rings (SSSR count).